The Morgan fingerprint density at radius 1 is 1.17 bits per heavy atom. The molecule has 5 nitrogen and oxygen atoms in total. The van der Waals surface area contributed by atoms with E-state index in [1.807, 2.05) is 0 Å². The lowest BCUT2D eigenvalue weighted by Crippen LogP contribution is -2.38. The molecular formula is C12H26IN3O2. The molecule has 108 valence electrons. The van der Waals surface area contributed by atoms with E-state index >= 15 is 0 Å². The number of aliphatic imine (C=N–C) groups is 1. The highest BCUT2D eigenvalue weighted by Crippen LogP contribution is 1.99. The van der Waals surface area contributed by atoms with Gasteiger partial charge < -0.3 is 15.4 Å². The maximum absolute atomic E-state index is 10.9. The number of methoxy groups -OCH3 is 1. The number of hydrogen-bond acceptors (Lipinski definition) is 3. The van der Waals surface area contributed by atoms with E-state index in [2.05, 4.69) is 27.3 Å². The Morgan fingerprint density at radius 2 is 1.83 bits per heavy atom. The van der Waals surface area contributed by atoms with Gasteiger partial charge in [0.2, 0.25) is 0 Å². The summed E-state index contributed by atoms with van der Waals surface area (Å²) in [5.74, 6) is 0.721. The lowest BCUT2D eigenvalue weighted by atomic mass is 10.2. The maximum Gasteiger partial charge on any atom is 0.305 e. The molecule has 18 heavy (non-hydrogen) atoms. The molecule has 2 N–H and O–H groups in total. The van der Waals surface area contributed by atoms with E-state index in [4.69, 9.17) is 0 Å². The van der Waals surface area contributed by atoms with E-state index in [9.17, 15) is 4.79 Å². The molecule has 0 fully saturated rings. The first kappa shape index (κ1) is 19.8. The summed E-state index contributed by atoms with van der Waals surface area (Å²) in [6.45, 7) is 3.93. The zero-order valence-electron chi connectivity index (χ0n) is 11.6. The van der Waals surface area contributed by atoms with Gasteiger partial charge in [-0.3, -0.25) is 9.79 Å². The van der Waals surface area contributed by atoms with Gasteiger partial charge in [-0.2, -0.15) is 0 Å². The second-order valence-electron chi connectivity index (χ2n) is 3.81. The summed E-state index contributed by atoms with van der Waals surface area (Å²) in [6, 6.07) is 0. The van der Waals surface area contributed by atoms with Crippen LogP contribution in [0.5, 0.6) is 0 Å². The molecule has 0 saturated carbocycles. The molecule has 0 aliphatic rings. The van der Waals surface area contributed by atoms with Gasteiger partial charge in [0.1, 0.15) is 0 Å². The zero-order valence-corrected chi connectivity index (χ0v) is 14.0. The topological polar surface area (TPSA) is 62.7 Å². The molecule has 0 atom stereocenters. The Balaban J connectivity index is 0. The van der Waals surface area contributed by atoms with Gasteiger partial charge in [-0.15, -0.1) is 24.0 Å². The third-order valence-corrected chi connectivity index (χ3v) is 2.34. The van der Waals surface area contributed by atoms with Crippen molar-refractivity contribution < 1.29 is 9.53 Å². The van der Waals surface area contributed by atoms with Crippen LogP contribution in [0.1, 0.15) is 39.0 Å². The number of guanidine groups is 1. The lowest BCUT2D eigenvalue weighted by molar-refractivity contribution is -0.140. The summed E-state index contributed by atoms with van der Waals surface area (Å²) in [6.07, 6.45) is 4.53. The second kappa shape index (κ2) is 14.5. The summed E-state index contributed by atoms with van der Waals surface area (Å²) >= 11 is 0. The van der Waals surface area contributed by atoms with Crippen molar-refractivity contribution in [1.29, 1.82) is 0 Å². The van der Waals surface area contributed by atoms with Gasteiger partial charge in [0, 0.05) is 26.6 Å². The van der Waals surface area contributed by atoms with Crippen LogP contribution in [0.3, 0.4) is 0 Å². The number of carbonyl (C=O) groups is 1. The van der Waals surface area contributed by atoms with E-state index in [-0.39, 0.29) is 29.9 Å². The van der Waals surface area contributed by atoms with Gasteiger partial charge in [-0.05, 0) is 19.3 Å². The van der Waals surface area contributed by atoms with Gasteiger partial charge in [0.25, 0.3) is 0 Å². The molecule has 0 saturated heterocycles. The molecule has 0 aliphatic carbocycles. The Labute approximate surface area is 127 Å². The third kappa shape index (κ3) is 11.9. The van der Waals surface area contributed by atoms with Crippen LogP contribution in [-0.2, 0) is 9.53 Å². The second-order valence-corrected chi connectivity index (χ2v) is 3.81. The Bertz CT molecular complexity index is 235. The average molecular weight is 371 g/mol. The fraction of sp³-hybridized carbons (Fsp3) is 0.833. The Morgan fingerprint density at radius 3 is 2.39 bits per heavy atom. The maximum atomic E-state index is 10.9. The molecule has 0 amide bonds. The molecule has 0 aromatic rings. The predicted molar refractivity (Wildman–Crippen MR) is 85.6 cm³/mol. The number of unbranched alkanes of at least 4 members (excludes halogenated alkanes) is 2. The van der Waals surface area contributed by atoms with Crippen LogP contribution in [0.4, 0.5) is 0 Å². The SMILES string of the molecule is CCCNC(=NC)NCCCCCC(=O)OC.I. The van der Waals surface area contributed by atoms with Crippen molar-refractivity contribution >= 4 is 35.9 Å². The van der Waals surface area contributed by atoms with E-state index < -0.39 is 0 Å². The van der Waals surface area contributed by atoms with Crippen molar-refractivity contribution in [3.8, 4) is 0 Å². The number of nitrogens with one attached hydrogen (secondary N) is 2. The summed E-state index contributed by atoms with van der Waals surface area (Å²) < 4.78 is 4.57. The van der Waals surface area contributed by atoms with Gasteiger partial charge in [-0.25, -0.2) is 0 Å². The number of esters is 1. The van der Waals surface area contributed by atoms with Crippen LogP contribution < -0.4 is 10.6 Å². The Kier molecular flexibility index (Phi) is 16.0. The van der Waals surface area contributed by atoms with Crippen LogP contribution in [0.2, 0.25) is 0 Å². The molecule has 0 radical (unpaired) electrons. The predicted octanol–water partition coefficient (Wildman–Crippen LogP) is 1.91. The minimum absolute atomic E-state index is 0. The standard InChI is InChI=1S/C12H25N3O2.HI/c1-4-9-14-12(13-2)15-10-7-5-6-8-11(16)17-3;/h4-10H2,1-3H3,(H2,13,14,15);1H. The van der Waals surface area contributed by atoms with Gasteiger partial charge in [-0.1, -0.05) is 13.3 Å². The summed E-state index contributed by atoms with van der Waals surface area (Å²) in [5, 5.41) is 6.43. The smallest absolute Gasteiger partial charge is 0.305 e. The number of halogens is 1. The number of nitrogens with zero attached hydrogens (tertiary/aromatic N) is 1. The third-order valence-electron chi connectivity index (χ3n) is 2.34. The molecule has 0 aliphatic heterocycles. The molecule has 0 unspecified atom stereocenters. The van der Waals surface area contributed by atoms with E-state index in [0.717, 1.165) is 44.7 Å². The normalized spacial score (nSPS) is 10.5. The molecule has 0 aromatic carbocycles. The highest BCUT2D eigenvalue weighted by molar-refractivity contribution is 14.0. The fourth-order valence-corrected chi connectivity index (χ4v) is 1.34. The largest absolute Gasteiger partial charge is 0.469 e. The summed E-state index contributed by atoms with van der Waals surface area (Å²) in [4.78, 5) is 15.0. The van der Waals surface area contributed by atoms with Crippen molar-refractivity contribution in [2.45, 2.75) is 39.0 Å². The lowest BCUT2D eigenvalue weighted by Gasteiger charge is -2.10. The van der Waals surface area contributed by atoms with Crippen molar-refractivity contribution in [3.63, 3.8) is 0 Å². The monoisotopic (exact) mass is 371 g/mol. The summed E-state index contributed by atoms with van der Waals surface area (Å²) in [7, 11) is 3.19. The molecule has 0 rings (SSSR count). The molecular weight excluding hydrogens is 345 g/mol. The number of ether oxygens (including phenoxy) is 1. The molecule has 0 bridgehead atoms. The van der Waals surface area contributed by atoms with Crippen molar-refractivity contribution in [2.75, 3.05) is 27.2 Å². The molecule has 0 heterocycles. The van der Waals surface area contributed by atoms with Crippen LogP contribution in [-0.4, -0.2) is 39.2 Å². The first-order valence-electron chi connectivity index (χ1n) is 6.26. The zero-order chi connectivity index (χ0) is 12.9. The van der Waals surface area contributed by atoms with E-state index in [1.54, 1.807) is 7.05 Å². The fourth-order valence-electron chi connectivity index (χ4n) is 1.34. The highest BCUT2D eigenvalue weighted by atomic mass is 127. The van der Waals surface area contributed by atoms with Gasteiger partial charge in [0.15, 0.2) is 5.96 Å². The van der Waals surface area contributed by atoms with Gasteiger partial charge in [0.05, 0.1) is 7.11 Å². The first-order valence-corrected chi connectivity index (χ1v) is 6.26. The van der Waals surface area contributed by atoms with Crippen LogP contribution in [0.25, 0.3) is 0 Å². The minimum atomic E-state index is -0.126. The van der Waals surface area contributed by atoms with Crippen LogP contribution in [0, 0.1) is 0 Å². The quantitative estimate of drug-likeness (QED) is 0.225. The Hall–Kier alpha value is -0.530. The number of hydrogen-bond donors (Lipinski definition) is 2. The summed E-state index contributed by atoms with van der Waals surface area (Å²) in [5.41, 5.74) is 0. The minimum Gasteiger partial charge on any atom is -0.469 e. The van der Waals surface area contributed by atoms with Crippen molar-refractivity contribution in [1.82, 2.24) is 10.6 Å². The van der Waals surface area contributed by atoms with Crippen LogP contribution >= 0.6 is 24.0 Å². The first-order chi connectivity index (χ1) is 8.24. The van der Waals surface area contributed by atoms with E-state index in [0.29, 0.717) is 6.42 Å². The molecule has 6 heteroatoms. The molecule has 0 spiro atoms. The van der Waals surface area contributed by atoms with E-state index in [1.165, 1.54) is 7.11 Å². The average Bonchev–Trinajstić information content (AvgIpc) is 2.36. The number of carbonyl (C=O) groups excluding carboxylic acids is 1. The van der Waals surface area contributed by atoms with Crippen LogP contribution in [0.15, 0.2) is 4.99 Å². The van der Waals surface area contributed by atoms with Crippen molar-refractivity contribution in [3.05, 3.63) is 0 Å². The number of rotatable bonds is 8. The van der Waals surface area contributed by atoms with Gasteiger partial charge >= 0.3 is 5.97 Å². The molecule has 0 aromatic heterocycles. The van der Waals surface area contributed by atoms with Crippen molar-refractivity contribution in [2.24, 2.45) is 4.99 Å². The highest BCUT2D eigenvalue weighted by Gasteiger charge is 1.99.